The number of carbonyl (C=O) groups is 2. The molecule has 1 amide bonds. The summed E-state index contributed by atoms with van der Waals surface area (Å²) in [6.07, 6.45) is 2.06. The van der Waals surface area contributed by atoms with Crippen LogP contribution in [0.15, 0.2) is 18.2 Å². The van der Waals surface area contributed by atoms with Gasteiger partial charge in [-0.1, -0.05) is 29.6 Å². The molecule has 1 aliphatic carbocycles. The van der Waals surface area contributed by atoms with Crippen molar-refractivity contribution in [3.8, 4) is 5.75 Å². The number of rotatable bonds is 5. The molecule has 0 aliphatic heterocycles. The Kier molecular flexibility index (Phi) is 5.31. The molecule has 1 saturated carbocycles. The summed E-state index contributed by atoms with van der Waals surface area (Å²) in [6, 6.07) is 4.37. The van der Waals surface area contributed by atoms with Crippen molar-refractivity contribution in [2.45, 2.75) is 25.3 Å². The van der Waals surface area contributed by atoms with Crippen LogP contribution in [0.2, 0.25) is 10.0 Å². The monoisotopic (exact) mass is 331 g/mol. The number of hydrogen-bond donors (Lipinski definition) is 2. The Morgan fingerprint density at radius 1 is 1.33 bits per heavy atom. The molecule has 2 N–H and O–H groups in total. The molecule has 1 aliphatic rings. The van der Waals surface area contributed by atoms with E-state index < -0.39 is 11.9 Å². The molecule has 114 valence electrons. The molecule has 0 heterocycles. The number of carboxylic acids is 1. The lowest BCUT2D eigenvalue weighted by Gasteiger charge is -2.17. The van der Waals surface area contributed by atoms with Crippen LogP contribution >= 0.6 is 23.2 Å². The topological polar surface area (TPSA) is 75.6 Å². The predicted molar refractivity (Wildman–Crippen MR) is 78.9 cm³/mol. The number of hydrogen-bond acceptors (Lipinski definition) is 3. The van der Waals surface area contributed by atoms with E-state index in [4.69, 9.17) is 33.0 Å². The van der Waals surface area contributed by atoms with Gasteiger partial charge in [-0.2, -0.15) is 0 Å². The summed E-state index contributed by atoms with van der Waals surface area (Å²) < 4.78 is 5.31. The number of aliphatic carboxylic acids is 1. The van der Waals surface area contributed by atoms with Gasteiger partial charge in [-0.3, -0.25) is 9.59 Å². The van der Waals surface area contributed by atoms with Gasteiger partial charge >= 0.3 is 5.97 Å². The van der Waals surface area contributed by atoms with E-state index >= 15 is 0 Å². The maximum atomic E-state index is 11.8. The maximum Gasteiger partial charge on any atom is 0.308 e. The van der Waals surface area contributed by atoms with E-state index in [0.717, 1.165) is 6.42 Å². The van der Waals surface area contributed by atoms with E-state index in [-0.39, 0.29) is 18.6 Å². The molecule has 0 spiro atoms. The Bertz CT molecular complexity index is 550. The highest BCUT2D eigenvalue weighted by molar-refractivity contribution is 6.35. The van der Waals surface area contributed by atoms with Gasteiger partial charge in [-0.25, -0.2) is 0 Å². The van der Waals surface area contributed by atoms with E-state index in [9.17, 15) is 9.59 Å². The van der Waals surface area contributed by atoms with Crippen LogP contribution in [0.4, 0.5) is 0 Å². The molecule has 2 rings (SSSR count). The Balaban J connectivity index is 1.86. The van der Waals surface area contributed by atoms with Crippen LogP contribution in [-0.4, -0.2) is 29.6 Å². The van der Waals surface area contributed by atoms with Gasteiger partial charge in [0.25, 0.3) is 5.91 Å². The number of carboxylic acid groups (broad SMARTS) is 1. The molecule has 1 aromatic rings. The summed E-state index contributed by atoms with van der Waals surface area (Å²) >= 11 is 11.7. The maximum absolute atomic E-state index is 11.8. The molecule has 2 atom stereocenters. The molecule has 2 unspecified atom stereocenters. The number of nitrogens with one attached hydrogen (secondary N) is 1. The van der Waals surface area contributed by atoms with E-state index in [2.05, 4.69) is 5.32 Å². The van der Waals surface area contributed by atoms with Crippen LogP contribution in [-0.2, 0) is 9.59 Å². The summed E-state index contributed by atoms with van der Waals surface area (Å²) in [6.45, 7) is -0.218. The Morgan fingerprint density at radius 2 is 2.10 bits per heavy atom. The molecule has 0 bridgehead atoms. The van der Waals surface area contributed by atoms with Crippen molar-refractivity contribution in [2.75, 3.05) is 6.61 Å². The minimum atomic E-state index is -0.875. The van der Waals surface area contributed by atoms with Crippen LogP contribution in [0.5, 0.6) is 5.75 Å². The van der Waals surface area contributed by atoms with E-state index in [1.807, 2.05) is 0 Å². The molecular weight excluding hydrogens is 317 g/mol. The quantitative estimate of drug-likeness (QED) is 0.869. The fourth-order valence-electron chi connectivity index (χ4n) is 2.41. The summed E-state index contributed by atoms with van der Waals surface area (Å²) in [5.74, 6) is -1.40. The highest BCUT2D eigenvalue weighted by atomic mass is 35.5. The molecule has 1 aromatic carbocycles. The van der Waals surface area contributed by atoms with Gasteiger partial charge in [0.15, 0.2) is 6.61 Å². The second kappa shape index (κ2) is 7.00. The molecule has 0 aromatic heterocycles. The van der Waals surface area contributed by atoms with E-state index in [1.165, 1.54) is 6.07 Å². The van der Waals surface area contributed by atoms with Gasteiger partial charge in [0, 0.05) is 11.1 Å². The van der Waals surface area contributed by atoms with Crippen molar-refractivity contribution < 1.29 is 19.4 Å². The summed E-state index contributed by atoms with van der Waals surface area (Å²) in [5, 5.41) is 12.5. The minimum absolute atomic E-state index is 0.218. The first kappa shape index (κ1) is 15.9. The number of amides is 1. The lowest BCUT2D eigenvalue weighted by Crippen LogP contribution is -2.42. The molecule has 7 heteroatoms. The van der Waals surface area contributed by atoms with Crippen LogP contribution in [0.25, 0.3) is 0 Å². The smallest absolute Gasteiger partial charge is 0.308 e. The van der Waals surface area contributed by atoms with Crippen molar-refractivity contribution in [3.63, 3.8) is 0 Å². The third-order valence-corrected chi connectivity index (χ3v) is 3.96. The number of benzene rings is 1. The molecule has 5 nitrogen and oxygen atoms in total. The average molecular weight is 332 g/mol. The largest absolute Gasteiger partial charge is 0.482 e. The number of halogens is 2. The van der Waals surface area contributed by atoms with Crippen molar-refractivity contribution in [2.24, 2.45) is 5.92 Å². The fourth-order valence-corrected chi connectivity index (χ4v) is 2.88. The second-order valence-corrected chi connectivity index (χ2v) is 5.76. The van der Waals surface area contributed by atoms with Crippen LogP contribution in [0, 0.1) is 5.92 Å². The molecule has 1 fully saturated rings. The van der Waals surface area contributed by atoms with Crippen LogP contribution < -0.4 is 10.1 Å². The van der Waals surface area contributed by atoms with E-state index in [1.54, 1.807) is 12.1 Å². The van der Waals surface area contributed by atoms with Gasteiger partial charge in [0.05, 0.1) is 10.9 Å². The molecular formula is C14H15Cl2NO4. The first-order chi connectivity index (χ1) is 9.97. The minimum Gasteiger partial charge on any atom is -0.482 e. The third-order valence-electron chi connectivity index (χ3n) is 3.43. The molecule has 0 radical (unpaired) electrons. The number of carbonyl (C=O) groups excluding carboxylic acids is 1. The standard InChI is InChI=1S/C14H15Cl2NO4/c15-8-4-5-12(10(16)6-8)21-7-13(18)17-11-3-1-2-9(11)14(19)20/h4-6,9,11H,1-3,7H2,(H,17,18)(H,19,20). The molecule has 21 heavy (non-hydrogen) atoms. The van der Waals surface area contributed by atoms with Crippen molar-refractivity contribution in [1.29, 1.82) is 0 Å². The lowest BCUT2D eigenvalue weighted by atomic mass is 10.0. The summed E-state index contributed by atoms with van der Waals surface area (Å²) in [4.78, 5) is 22.9. The summed E-state index contributed by atoms with van der Waals surface area (Å²) in [7, 11) is 0. The number of ether oxygens (including phenoxy) is 1. The van der Waals surface area contributed by atoms with Crippen molar-refractivity contribution in [1.82, 2.24) is 5.32 Å². The van der Waals surface area contributed by atoms with Crippen LogP contribution in [0.1, 0.15) is 19.3 Å². The highest BCUT2D eigenvalue weighted by Gasteiger charge is 2.33. The Labute approximate surface area is 132 Å². The average Bonchev–Trinajstić information content (AvgIpc) is 2.86. The Hall–Kier alpha value is -1.46. The van der Waals surface area contributed by atoms with Crippen LogP contribution in [0.3, 0.4) is 0 Å². The normalized spacial score (nSPS) is 21.0. The fraction of sp³-hybridized carbons (Fsp3) is 0.429. The Morgan fingerprint density at radius 3 is 2.76 bits per heavy atom. The molecule has 0 saturated heterocycles. The van der Waals surface area contributed by atoms with Gasteiger partial charge in [0.1, 0.15) is 5.75 Å². The van der Waals surface area contributed by atoms with Crippen molar-refractivity contribution >= 4 is 35.1 Å². The highest BCUT2D eigenvalue weighted by Crippen LogP contribution is 2.28. The van der Waals surface area contributed by atoms with E-state index in [0.29, 0.717) is 28.6 Å². The second-order valence-electron chi connectivity index (χ2n) is 4.91. The van der Waals surface area contributed by atoms with Gasteiger partial charge in [-0.15, -0.1) is 0 Å². The van der Waals surface area contributed by atoms with Crippen molar-refractivity contribution in [3.05, 3.63) is 28.2 Å². The lowest BCUT2D eigenvalue weighted by molar-refractivity contribution is -0.142. The van der Waals surface area contributed by atoms with Gasteiger partial charge in [-0.05, 0) is 31.0 Å². The third kappa shape index (κ3) is 4.25. The first-order valence-corrected chi connectivity index (χ1v) is 7.33. The van der Waals surface area contributed by atoms with Gasteiger partial charge in [0.2, 0.25) is 0 Å². The van der Waals surface area contributed by atoms with Gasteiger partial charge < -0.3 is 15.2 Å². The zero-order valence-electron chi connectivity index (χ0n) is 11.1. The predicted octanol–water partition coefficient (Wildman–Crippen LogP) is 2.74. The SMILES string of the molecule is O=C(COc1ccc(Cl)cc1Cl)NC1CCCC1C(=O)O. The zero-order valence-corrected chi connectivity index (χ0v) is 12.7. The summed E-state index contributed by atoms with van der Waals surface area (Å²) in [5.41, 5.74) is 0. The first-order valence-electron chi connectivity index (χ1n) is 6.57. The zero-order chi connectivity index (χ0) is 15.4.